The molecule has 2 aromatic heterocycles. The molecule has 0 atom stereocenters. The molecule has 1 aromatic carbocycles. The van der Waals surface area contributed by atoms with Crippen LogP contribution in [-0.2, 0) is 9.59 Å². The minimum Gasteiger partial charge on any atom is -0.481 e. The summed E-state index contributed by atoms with van der Waals surface area (Å²) < 4.78 is 7.66. The minimum absolute atomic E-state index is 0.0689. The summed E-state index contributed by atoms with van der Waals surface area (Å²) in [7, 11) is 0. The second-order valence-corrected chi connectivity index (χ2v) is 8.99. The molecule has 8 nitrogen and oxygen atoms in total. The maximum atomic E-state index is 13.3. The molecular formula is C23H19N3O5S2. The molecule has 1 amide bonds. The minimum atomic E-state index is -0.941. The number of hydrogen-bond donors (Lipinski definition) is 1. The first-order chi connectivity index (χ1) is 15.8. The zero-order valence-corrected chi connectivity index (χ0v) is 19.2. The first-order valence-corrected chi connectivity index (χ1v) is 11.3. The van der Waals surface area contributed by atoms with Crippen LogP contribution in [0.25, 0.3) is 11.7 Å². The summed E-state index contributed by atoms with van der Waals surface area (Å²) in [5.41, 5.74) is 1.11. The van der Waals surface area contributed by atoms with Crippen molar-refractivity contribution >= 4 is 51.9 Å². The third-order valence-corrected chi connectivity index (χ3v) is 6.24. The van der Waals surface area contributed by atoms with Gasteiger partial charge in [-0.05, 0) is 49.2 Å². The Balaban J connectivity index is 1.74. The number of aryl methyl sites for hydroxylation is 1. The van der Waals surface area contributed by atoms with Gasteiger partial charge in [0.2, 0.25) is 5.88 Å². The van der Waals surface area contributed by atoms with E-state index in [1.807, 2.05) is 25.1 Å². The Morgan fingerprint density at radius 2 is 2.06 bits per heavy atom. The van der Waals surface area contributed by atoms with Gasteiger partial charge in [0, 0.05) is 19.2 Å². The predicted molar refractivity (Wildman–Crippen MR) is 129 cm³/mol. The van der Waals surface area contributed by atoms with Gasteiger partial charge >= 0.3 is 5.97 Å². The number of rotatable bonds is 7. The lowest BCUT2D eigenvalue weighted by Crippen LogP contribution is -2.29. The summed E-state index contributed by atoms with van der Waals surface area (Å²) in [5, 5.41) is 8.84. The number of carboxylic acid groups (broad SMARTS) is 1. The van der Waals surface area contributed by atoms with E-state index in [1.165, 1.54) is 15.4 Å². The molecule has 1 aliphatic heterocycles. The van der Waals surface area contributed by atoms with Crippen molar-refractivity contribution in [3.05, 3.63) is 75.0 Å². The summed E-state index contributed by atoms with van der Waals surface area (Å²) >= 11 is 6.36. The highest BCUT2D eigenvalue weighted by Crippen LogP contribution is 2.34. The van der Waals surface area contributed by atoms with Gasteiger partial charge in [-0.1, -0.05) is 42.2 Å². The van der Waals surface area contributed by atoms with E-state index in [0.29, 0.717) is 15.7 Å². The SMILES string of the molecule is Cc1cccc(Oc2nc3ccccn3c(=O)c2C=C2SC(=S)N(CCCC(=O)O)C2=O)c1. The number of nitrogens with zero attached hydrogens (tertiary/aromatic N) is 3. The van der Waals surface area contributed by atoms with Crippen LogP contribution in [0.3, 0.4) is 0 Å². The number of carbonyl (C=O) groups excluding carboxylic acids is 1. The van der Waals surface area contributed by atoms with Gasteiger partial charge in [-0.3, -0.25) is 23.7 Å². The van der Waals surface area contributed by atoms with Crippen molar-refractivity contribution in [2.24, 2.45) is 0 Å². The molecule has 33 heavy (non-hydrogen) atoms. The van der Waals surface area contributed by atoms with E-state index in [0.717, 1.165) is 17.3 Å². The van der Waals surface area contributed by atoms with Gasteiger partial charge in [0.25, 0.3) is 11.5 Å². The van der Waals surface area contributed by atoms with Gasteiger partial charge in [0.15, 0.2) is 0 Å². The maximum Gasteiger partial charge on any atom is 0.303 e. The topological polar surface area (TPSA) is 101 Å². The molecule has 10 heteroatoms. The fourth-order valence-corrected chi connectivity index (χ4v) is 4.58. The highest BCUT2D eigenvalue weighted by molar-refractivity contribution is 8.26. The molecule has 3 heterocycles. The number of carbonyl (C=O) groups is 2. The van der Waals surface area contributed by atoms with E-state index >= 15 is 0 Å². The van der Waals surface area contributed by atoms with E-state index in [9.17, 15) is 14.4 Å². The zero-order chi connectivity index (χ0) is 23.5. The first-order valence-electron chi connectivity index (χ1n) is 10.1. The Morgan fingerprint density at radius 1 is 1.24 bits per heavy atom. The van der Waals surface area contributed by atoms with E-state index in [4.69, 9.17) is 22.1 Å². The second kappa shape index (κ2) is 9.55. The van der Waals surface area contributed by atoms with Gasteiger partial charge in [0.1, 0.15) is 21.3 Å². The number of benzene rings is 1. The summed E-state index contributed by atoms with van der Waals surface area (Å²) in [6.07, 6.45) is 3.24. The van der Waals surface area contributed by atoms with Crippen molar-refractivity contribution in [3.63, 3.8) is 0 Å². The Hall–Kier alpha value is -3.50. The number of pyridine rings is 1. The monoisotopic (exact) mass is 481 g/mol. The Kier molecular flexibility index (Phi) is 6.57. The quantitative estimate of drug-likeness (QED) is 0.401. The lowest BCUT2D eigenvalue weighted by molar-refractivity contribution is -0.137. The lowest BCUT2D eigenvalue weighted by Gasteiger charge is -2.13. The molecule has 0 unspecified atom stereocenters. The van der Waals surface area contributed by atoms with Crippen LogP contribution in [0.15, 0.2) is 58.4 Å². The Labute approximate surface area is 198 Å². The normalized spacial score (nSPS) is 14.9. The third-order valence-electron chi connectivity index (χ3n) is 4.86. The molecule has 1 N–H and O–H groups in total. The Morgan fingerprint density at radius 3 is 2.82 bits per heavy atom. The second-order valence-electron chi connectivity index (χ2n) is 7.31. The molecule has 0 bridgehead atoms. The molecule has 1 fully saturated rings. The number of aromatic nitrogens is 2. The van der Waals surface area contributed by atoms with Gasteiger partial charge < -0.3 is 9.84 Å². The number of aliphatic carboxylic acids is 1. The van der Waals surface area contributed by atoms with Crippen LogP contribution in [0.1, 0.15) is 24.0 Å². The van der Waals surface area contributed by atoms with Crippen LogP contribution in [0.5, 0.6) is 11.6 Å². The van der Waals surface area contributed by atoms with E-state index in [2.05, 4.69) is 4.98 Å². The molecule has 1 saturated heterocycles. The molecule has 4 rings (SSSR count). The number of ether oxygens (including phenoxy) is 1. The van der Waals surface area contributed by atoms with Crippen LogP contribution < -0.4 is 10.3 Å². The Bertz CT molecular complexity index is 1370. The van der Waals surface area contributed by atoms with Crippen molar-refractivity contribution < 1.29 is 19.4 Å². The standard InChI is InChI=1S/C23H19N3O5S2/c1-14-6-4-7-15(12-14)31-20-16(21(29)25-10-3-2-8-18(25)24-20)13-17-22(30)26(23(32)33-17)11-5-9-19(27)28/h2-4,6-8,10,12-13H,5,9,11H2,1H3,(H,27,28). The van der Waals surface area contributed by atoms with Gasteiger partial charge in [0.05, 0.1) is 4.91 Å². The number of fused-ring (bicyclic) bond motifs is 1. The van der Waals surface area contributed by atoms with E-state index in [1.54, 1.807) is 30.5 Å². The average molecular weight is 482 g/mol. The number of thiocarbonyl (C=S) groups is 1. The first kappa shape index (κ1) is 22.7. The predicted octanol–water partition coefficient (Wildman–Crippen LogP) is 3.86. The van der Waals surface area contributed by atoms with Crippen molar-refractivity contribution in [2.45, 2.75) is 19.8 Å². The molecular weight excluding hydrogens is 462 g/mol. The number of amides is 1. The maximum absolute atomic E-state index is 13.3. The van der Waals surface area contributed by atoms with E-state index in [-0.39, 0.29) is 47.2 Å². The summed E-state index contributed by atoms with van der Waals surface area (Å²) in [5.74, 6) is -0.732. The van der Waals surface area contributed by atoms with Crippen molar-refractivity contribution in [2.75, 3.05) is 6.54 Å². The third kappa shape index (κ3) is 4.96. The highest BCUT2D eigenvalue weighted by Gasteiger charge is 2.32. The van der Waals surface area contributed by atoms with Crippen molar-refractivity contribution in [1.82, 2.24) is 14.3 Å². The highest BCUT2D eigenvalue weighted by atomic mass is 32.2. The van der Waals surface area contributed by atoms with E-state index < -0.39 is 5.97 Å². The molecule has 0 spiro atoms. The van der Waals surface area contributed by atoms with Crippen LogP contribution in [-0.4, -0.2) is 42.1 Å². The molecule has 3 aromatic rings. The lowest BCUT2D eigenvalue weighted by atomic mass is 10.2. The molecule has 0 radical (unpaired) electrons. The summed E-state index contributed by atoms with van der Waals surface area (Å²) in [6.45, 7) is 2.11. The number of thioether (sulfide) groups is 1. The zero-order valence-electron chi connectivity index (χ0n) is 17.6. The van der Waals surface area contributed by atoms with Crippen LogP contribution >= 0.6 is 24.0 Å². The van der Waals surface area contributed by atoms with Crippen LogP contribution in [0.2, 0.25) is 0 Å². The molecule has 0 aliphatic carbocycles. The van der Waals surface area contributed by atoms with Gasteiger partial charge in [-0.2, -0.15) is 4.98 Å². The van der Waals surface area contributed by atoms with Crippen molar-refractivity contribution in [1.29, 1.82) is 0 Å². The summed E-state index contributed by atoms with van der Waals surface area (Å²) in [6, 6.07) is 12.5. The van der Waals surface area contributed by atoms with Crippen LogP contribution in [0.4, 0.5) is 0 Å². The molecule has 168 valence electrons. The van der Waals surface area contributed by atoms with Gasteiger partial charge in [-0.15, -0.1) is 0 Å². The number of hydrogen-bond acceptors (Lipinski definition) is 7. The fourth-order valence-electron chi connectivity index (χ4n) is 3.29. The van der Waals surface area contributed by atoms with Crippen molar-refractivity contribution in [3.8, 4) is 11.6 Å². The number of carboxylic acids is 1. The average Bonchev–Trinajstić information content (AvgIpc) is 3.03. The molecule has 1 aliphatic rings. The largest absolute Gasteiger partial charge is 0.481 e. The van der Waals surface area contributed by atoms with Gasteiger partial charge in [-0.25, -0.2) is 0 Å². The fraction of sp³-hybridized carbons (Fsp3) is 0.174. The van der Waals surface area contributed by atoms with Crippen LogP contribution in [0, 0.1) is 6.92 Å². The smallest absolute Gasteiger partial charge is 0.303 e. The molecule has 0 saturated carbocycles. The summed E-state index contributed by atoms with van der Waals surface area (Å²) in [4.78, 5) is 43.1.